The molecule has 0 aliphatic carbocycles. The predicted octanol–water partition coefficient (Wildman–Crippen LogP) is 7.02. The second-order valence-corrected chi connectivity index (χ2v) is 13.3. The number of nitrogens with zero attached hydrogens (tertiary/aromatic N) is 3. The number of amides is 1. The predicted molar refractivity (Wildman–Crippen MR) is 170 cm³/mol. The van der Waals surface area contributed by atoms with Crippen LogP contribution in [0.3, 0.4) is 0 Å². The summed E-state index contributed by atoms with van der Waals surface area (Å²) in [6.45, 7) is 14.0. The second kappa shape index (κ2) is 12.5. The summed E-state index contributed by atoms with van der Waals surface area (Å²) in [5.74, 6) is 0. The third-order valence-electron chi connectivity index (χ3n) is 7.85. The summed E-state index contributed by atoms with van der Waals surface area (Å²) in [5, 5.41) is 14.4. The fourth-order valence-electron chi connectivity index (χ4n) is 5.80. The highest BCUT2D eigenvalue weighted by atomic mass is 32.2. The summed E-state index contributed by atoms with van der Waals surface area (Å²) >= 11 is 0.446. The Morgan fingerprint density at radius 2 is 1.65 bits per heavy atom. The van der Waals surface area contributed by atoms with Crippen molar-refractivity contribution in [1.82, 2.24) is 4.31 Å². The first-order valence-electron chi connectivity index (χ1n) is 14.2. The molecule has 0 aromatic heterocycles. The average Bonchev–Trinajstić information content (AvgIpc) is 3.26. The quantitative estimate of drug-likeness (QED) is 0.0801. The third-order valence-corrected chi connectivity index (χ3v) is 8.48. The van der Waals surface area contributed by atoms with Crippen LogP contribution >= 0.6 is 12.2 Å². The van der Waals surface area contributed by atoms with Crippen molar-refractivity contribution in [1.29, 1.82) is 0 Å². The minimum atomic E-state index is -0.776. The van der Waals surface area contributed by atoms with Gasteiger partial charge in [0, 0.05) is 41.6 Å². The fourth-order valence-corrected chi connectivity index (χ4v) is 6.19. The van der Waals surface area contributed by atoms with Crippen LogP contribution in [0.5, 0.6) is 0 Å². The van der Waals surface area contributed by atoms with Crippen LogP contribution in [0.25, 0.3) is 0 Å². The van der Waals surface area contributed by atoms with E-state index in [4.69, 9.17) is 4.74 Å². The molecule has 0 fully saturated rings. The summed E-state index contributed by atoms with van der Waals surface area (Å²) in [5.41, 5.74) is 6.17. The lowest BCUT2D eigenvalue weighted by molar-refractivity contribution is -0.777. The molecule has 0 spiro atoms. The van der Waals surface area contributed by atoms with Gasteiger partial charge >= 0.3 is 6.09 Å². The zero-order valence-corrected chi connectivity index (χ0v) is 27.2. The highest BCUT2D eigenvalue weighted by Gasteiger charge is 2.42. The number of benzene rings is 2. The van der Waals surface area contributed by atoms with E-state index in [-0.39, 0.29) is 10.8 Å². The van der Waals surface area contributed by atoms with Crippen LogP contribution in [0.1, 0.15) is 59.6 Å². The van der Waals surface area contributed by atoms with Crippen LogP contribution in [0, 0.1) is 0 Å². The molecular formula is C34H41N3O5S. The number of carbonyl (C=O) groups is 1. The van der Waals surface area contributed by atoms with Crippen molar-refractivity contribution < 1.29 is 28.7 Å². The van der Waals surface area contributed by atoms with Crippen LogP contribution in [0.4, 0.5) is 16.2 Å². The lowest BCUT2D eigenvalue weighted by atomic mass is 9.81. The van der Waals surface area contributed by atoms with Crippen molar-refractivity contribution in [3.63, 3.8) is 0 Å². The molecule has 2 heterocycles. The molecule has 228 valence electrons. The number of likely N-dealkylation sites (N-methyl/N-ethyl adjacent to an activating group) is 1. The molecule has 2 aliphatic rings. The Balaban J connectivity index is 1.73. The van der Waals surface area contributed by atoms with Crippen molar-refractivity contribution in [2.75, 3.05) is 19.0 Å². The zero-order valence-electron chi connectivity index (χ0n) is 26.4. The molecule has 43 heavy (non-hydrogen) atoms. The highest BCUT2D eigenvalue weighted by Crippen LogP contribution is 2.46. The van der Waals surface area contributed by atoms with Gasteiger partial charge in [-0.2, -0.15) is 8.88 Å². The lowest BCUT2D eigenvalue weighted by Crippen LogP contribution is -2.32. The van der Waals surface area contributed by atoms with Gasteiger partial charge in [-0.3, -0.25) is 5.04 Å². The van der Waals surface area contributed by atoms with E-state index in [1.807, 2.05) is 62.7 Å². The molecule has 4 rings (SSSR count). The molecule has 0 radical (unpaired) electrons. The van der Waals surface area contributed by atoms with Gasteiger partial charge in [-0.1, -0.05) is 62.4 Å². The zero-order chi connectivity index (χ0) is 31.6. The minimum absolute atomic E-state index is 0.219. The van der Waals surface area contributed by atoms with Crippen molar-refractivity contribution in [2.24, 2.45) is 0 Å². The second-order valence-electron chi connectivity index (χ2n) is 12.6. The van der Waals surface area contributed by atoms with Crippen molar-refractivity contribution in [3.05, 3.63) is 108 Å². The van der Waals surface area contributed by atoms with Gasteiger partial charge in [-0.05, 0) is 64.5 Å². The number of allylic oxidation sites excluding steroid dienone is 7. The Hall–Kier alpha value is -3.63. The largest absolute Gasteiger partial charge is 0.691 e. The molecule has 1 amide bonds. The number of hydrogen-bond acceptors (Lipinski definition) is 7. The number of ether oxygens (including phenoxy) is 1. The van der Waals surface area contributed by atoms with E-state index < -0.39 is 11.7 Å². The Kier molecular flexibility index (Phi) is 9.42. The normalized spacial score (nSPS) is 18.6. The van der Waals surface area contributed by atoms with Gasteiger partial charge in [0.15, 0.2) is 17.9 Å². The Bertz CT molecular complexity index is 1530. The van der Waals surface area contributed by atoms with E-state index in [9.17, 15) is 10.1 Å². The summed E-state index contributed by atoms with van der Waals surface area (Å²) in [6.07, 6.45) is 10.7. The number of fused-ring (bicyclic) bond motifs is 2. The Labute approximate surface area is 259 Å². The summed E-state index contributed by atoms with van der Waals surface area (Å²) < 4.78 is 13.5. The molecule has 0 N–H and O–H groups in total. The van der Waals surface area contributed by atoms with E-state index >= 15 is 0 Å². The van der Waals surface area contributed by atoms with Crippen molar-refractivity contribution in [2.45, 2.75) is 64.9 Å². The Morgan fingerprint density at radius 3 is 2.28 bits per heavy atom. The van der Waals surface area contributed by atoms with Gasteiger partial charge in [0.25, 0.3) is 0 Å². The molecule has 0 saturated carbocycles. The van der Waals surface area contributed by atoms with E-state index in [2.05, 4.69) is 70.8 Å². The summed E-state index contributed by atoms with van der Waals surface area (Å²) in [7, 11) is 4.09. The fraction of sp³-hybridized carbons (Fsp3) is 0.353. The maximum Gasteiger partial charge on any atom is 0.427 e. The number of rotatable bonds is 8. The van der Waals surface area contributed by atoms with Gasteiger partial charge in [0.05, 0.1) is 11.1 Å². The number of carbonyl (C=O) groups excluding carboxylic acids is 1. The maximum absolute atomic E-state index is 13.3. The molecule has 2 aromatic rings. The van der Waals surface area contributed by atoms with Gasteiger partial charge < -0.3 is 14.9 Å². The summed E-state index contributed by atoms with van der Waals surface area (Å²) in [4.78, 5) is 15.4. The van der Waals surface area contributed by atoms with Gasteiger partial charge in [0.1, 0.15) is 12.6 Å². The monoisotopic (exact) mass is 603 g/mol. The van der Waals surface area contributed by atoms with Crippen LogP contribution in [0.15, 0.2) is 96.4 Å². The molecular weight excluding hydrogens is 562 g/mol. The van der Waals surface area contributed by atoms with E-state index in [1.165, 1.54) is 11.1 Å². The van der Waals surface area contributed by atoms with Crippen molar-refractivity contribution >= 4 is 35.4 Å². The smallest absolute Gasteiger partial charge is 0.427 e. The van der Waals surface area contributed by atoms with Crippen molar-refractivity contribution in [3.8, 4) is 0 Å². The molecule has 8 nitrogen and oxygen atoms in total. The van der Waals surface area contributed by atoms with E-state index in [0.29, 0.717) is 17.9 Å². The lowest BCUT2D eigenvalue weighted by Gasteiger charge is -2.26. The van der Waals surface area contributed by atoms with Crippen LogP contribution in [0.2, 0.25) is 0 Å². The van der Waals surface area contributed by atoms with Gasteiger partial charge in [0.2, 0.25) is 5.69 Å². The summed E-state index contributed by atoms with van der Waals surface area (Å²) in [6, 6.07) is 16.7. The number of hydrogen-bond donors (Lipinski definition) is 0. The van der Waals surface area contributed by atoms with Crippen LogP contribution in [-0.4, -0.2) is 40.4 Å². The molecule has 0 unspecified atom stereocenters. The third kappa shape index (κ3) is 6.65. The first-order chi connectivity index (χ1) is 20.2. The van der Waals surface area contributed by atoms with Crippen LogP contribution in [-0.2, 0) is 24.9 Å². The molecule has 9 heteroatoms. The maximum atomic E-state index is 13.3. The minimum Gasteiger partial charge on any atom is -0.691 e. The van der Waals surface area contributed by atoms with Crippen LogP contribution < -0.4 is 10.2 Å². The molecule has 0 saturated heterocycles. The molecule has 2 aromatic carbocycles. The average molecular weight is 604 g/mol. The first kappa shape index (κ1) is 32.3. The first-order valence-corrected chi connectivity index (χ1v) is 14.9. The highest BCUT2D eigenvalue weighted by molar-refractivity contribution is 7.92. The topological polar surface area (TPSA) is 77.3 Å². The van der Waals surface area contributed by atoms with E-state index in [1.54, 1.807) is 32.9 Å². The number of para-hydroxylation sites is 2. The van der Waals surface area contributed by atoms with Gasteiger partial charge in [-0.15, -0.1) is 4.33 Å². The molecule has 0 bridgehead atoms. The molecule has 0 atom stereocenters. The van der Waals surface area contributed by atoms with E-state index in [0.717, 1.165) is 27.1 Å². The Morgan fingerprint density at radius 1 is 1.00 bits per heavy atom. The standard InChI is InChI=1S/C34H41N3O5S/c1-32(2,3)40-31(38)37(43-42-41-39)24(16-14-22-29-33(4,5)25-18-10-12-20-27(25)35(29)8)17-15-23-30-34(6,7)26-19-11-13-21-28(26)36(30)9/h10-23H,1-9H3. The molecule has 2 aliphatic heterocycles. The van der Waals surface area contributed by atoms with Gasteiger partial charge in [-0.25, -0.2) is 4.79 Å². The number of anilines is 1. The SMILES string of the molecule is CN1/C(=C/C=C/C(=C/C=C/C2=[N+](C)c3ccccc3C2(C)C)N(SOO[O-])C(=O)OC(C)(C)C)C(C)(C)c2ccccc21.